The SMILES string of the molecule is COc1ccc(-c2cc3nnc4ccc(OC)cc4n3n2)cc1. The van der Waals surface area contributed by atoms with E-state index >= 15 is 0 Å². The molecular formula is C17H14N4O2. The number of ether oxygens (including phenoxy) is 2. The maximum absolute atomic E-state index is 5.28. The molecule has 0 spiro atoms. The lowest BCUT2D eigenvalue weighted by Crippen LogP contribution is -1.96. The Kier molecular flexibility index (Phi) is 3.08. The van der Waals surface area contributed by atoms with Crippen LogP contribution in [0.5, 0.6) is 11.5 Å². The molecule has 0 aliphatic rings. The van der Waals surface area contributed by atoms with Crippen LogP contribution in [0.1, 0.15) is 0 Å². The van der Waals surface area contributed by atoms with E-state index in [0.717, 1.165) is 33.8 Å². The van der Waals surface area contributed by atoms with E-state index in [-0.39, 0.29) is 0 Å². The van der Waals surface area contributed by atoms with Gasteiger partial charge in [0.2, 0.25) is 0 Å². The summed E-state index contributed by atoms with van der Waals surface area (Å²) in [6.45, 7) is 0. The van der Waals surface area contributed by atoms with Gasteiger partial charge in [0, 0.05) is 17.7 Å². The lowest BCUT2D eigenvalue weighted by molar-refractivity contribution is 0.415. The van der Waals surface area contributed by atoms with Crippen LogP contribution in [0.3, 0.4) is 0 Å². The molecule has 4 rings (SSSR count). The molecule has 2 heterocycles. The number of hydrogen-bond acceptors (Lipinski definition) is 5. The van der Waals surface area contributed by atoms with E-state index in [1.807, 2.05) is 48.5 Å². The Labute approximate surface area is 132 Å². The highest BCUT2D eigenvalue weighted by molar-refractivity contribution is 5.79. The van der Waals surface area contributed by atoms with Gasteiger partial charge in [-0.05, 0) is 36.4 Å². The predicted molar refractivity (Wildman–Crippen MR) is 86.8 cm³/mol. The van der Waals surface area contributed by atoms with Gasteiger partial charge in [-0.15, -0.1) is 10.2 Å². The number of hydrogen-bond donors (Lipinski definition) is 0. The monoisotopic (exact) mass is 306 g/mol. The van der Waals surface area contributed by atoms with E-state index in [0.29, 0.717) is 5.65 Å². The zero-order valence-corrected chi connectivity index (χ0v) is 12.7. The first-order valence-electron chi connectivity index (χ1n) is 7.13. The van der Waals surface area contributed by atoms with E-state index < -0.39 is 0 Å². The summed E-state index contributed by atoms with van der Waals surface area (Å²) in [5, 5.41) is 13.1. The third kappa shape index (κ3) is 2.24. The first-order chi connectivity index (χ1) is 11.3. The van der Waals surface area contributed by atoms with Crippen molar-refractivity contribution in [3.8, 4) is 22.8 Å². The number of fused-ring (bicyclic) bond motifs is 3. The van der Waals surface area contributed by atoms with Gasteiger partial charge in [0.25, 0.3) is 0 Å². The van der Waals surface area contributed by atoms with E-state index in [1.165, 1.54) is 0 Å². The summed E-state index contributed by atoms with van der Waals surface area (Å²) >= 11 is 0. The standard InChI is InChI=1S/C17H14N4O2/c1-22-12-5-3-11(4-6-12)15-10-17-19-18-14-8-7-13(23-2)9-16(14)21(17)20-15/h3-10H,1-2H3. The third-order valence-electron chi connectivity index (χ3n) is 3.75. The molecular weight excluding hydrogens is 292 g/mol. The number of benzene rings is 2. The van der Waals surface area contributed by atoms with Crippen molar-refractivity contribution in [2.45, 2.75) is 0 Å². The van der Waals surface area contributed by atoms with Crippen molar-refractivity contribution < 1.29 is 9.47 Å². The second kappa shape index (κ2) is 5.24. The summed E-state index contributed by atoms with van der Waals surface area (Å²) in [4.78, 5) is 0. The molecule has 0 fully saturated rings. The van der Waals surface area contributed by atoms with Crippen molar-refractivity contribution in [3.63, 3.8) is 0 Å². The van der Waals surface area contributed by atoms with Gasteiger partial charge in [-0.25, -0.2) is 4.52 Å². The maximum atomic E-state index is 5.28. The molecule has 0 radical (unpaired) electrons. The molecule has 0 N–H and O–H groups in total. The predicted octanol–water partition coefficient (Wildman–Crippen LogP) is 2.96. The molecule has 0 aliphatic carbocycles. The van der Waals surface area contributed by atoms with Crippen LogP contribution in [0.15, 0.2) is 48.5 Å². The molecule has 0 aliphatic heterocycles. The molecule has 0 atom stereocenters. The number of nitrogens with zero attached hydrogens (tertiary/aromatic N) is 4. The number of rotatable bonds is 3. The summed E-state index contributed by atoms with van der Waals surface area (Å²) in [7, 11) is 3.29. The van der Waals surface area contributed by atoms with Crippen LogP contribution in [0, 0.1) is 0 Å². The molecule has 0 unspecified atom stereocenters. The van der Waals surface area contributed by atoms with E-state index in [9.17, 15) is 0 Å². The zero-order valence-electron chi connectivity index (χ0n) is 12.7. The summed E-state index contributed by atoms with van der Waals surface area (Å²) in [5.41, 5.74) is 4.14. The minimum atomic E-state index is 0.691. The Bertz CT molecular complexity index is 993. The smallest absolute Gasteiger partial charge is 0.178 e. The molecule has 2 aromatic carbocycles. The fraction of sp³-hybridized carbons (Fsp3) is 0.118. The van der Waals surface area contributed by atoms with Crippen molar-refractivity contribution >= 4 is 16.7 Å². The van der Waals surface area contributed by atoms with Crippen molar-refractivity contribution in [1.29, 1.82) is 0 Å². The Hall–Kier alpha value is -3.15. The number of aromatic nitrogens is 4. The minimum Gasteiger partial charge on any atom is -0.497 e. The van der Waals surface area contributed by atoms with Crippen molar-refractivity contribution in [1.82, 2.24) is 19.8 Å². The first kappa shape index (κ1) is 13.5. The van der Waals surface area contributed by atoms with Gasteiger partial charge in [-0.1, -0.05) is 0 Å². The van der Waals surface area contributed by atoms with Crippen LogP contribution >= 0.6 is 0 Å². The zero-order chi connectivity index (χ0) is 15.8. The molecule has 6 nitrogen and oxygen atoms in total. The molecule has 23 heavy (non-hydrogen) atoms. The molecule has 0 saturated carbocycles. The lowest BCUT2D eigenvalue weighted by Gasteiger charge is -2.03. The fourth-order valence-corrected chi connectivity index (χ4v) is 2.51. The highest BCUT2D eigenvalue weighted by atomic mass is 16.5. The van der Waals surface area contributed by atoms with Gasteiger partial charge >= 0.3 is 0 Å². The summed E-state index contributed by atoms with van der Waals surface area (Å²) < 4.78 is 12.3. The second-order valence-electron chi connectivity index (χ2n) is 5.08. The Morgan fingerprint density at radius 1 is 0.826 bits per heavy atom. The van der Waals surface area contributed by atoms with E-state index in [1.54, 1.807) is 18.7 Å². The molecule has 114 valence electrons. The highest BCUT2D eigenvalue weighted by Gasteiger charge is 2.10. The molecule has 6 heteroatoms. The minimum absolute atomic E-state index is 0.691. The van der Waals surface area contributed by atoms with Crippen LogP contribution < -0.4 is 9.47 Å². The van der Waals surface area contributed by atoms with Gasteiger partial charge in [-0.2, -0.15) is 5.10 Å². The van der Waals surface area contributed by atoms with Crippen molar-refractivity contribution in [3.05, 3.63) is 48.5 Å². The topological polar surface area (TPSA) is 61.5 Å². The second-order valence-corrected chi connectivity index (χ2v) is 5.08. The Morgan fingerprint density at radius 2 is 1.57 bits per heavy atom. The molecule has 0 amide bonds. The van der Waals surface area contributed by atoms with Crippen LogP contribution in [0.4, 0.5) is 0 Å². The van der Waals surface area contributed by atoms with Gasteiger partial charge in [-0.3, -0.25) is 0 Å². The third-order valence-corrected chi connectivity index (χ3v) is 3.75. The van der Waals surface area contributed by atoms with Crippen LogP contribution in [0.2, 0.25) is 0 Å². The molecule has 0 bridgehead atoms. The fourth-order valence-electron chi connectivity index (χ4n) is 2.51. The molecule has 2 aromatic heterocycles. The largest absolute Gasteiger partial charge is 0.497 e. The first-order valence-corrected chi connectivity index (χ1v) is 7.13. The summed E-state index contributed by atoms with van der Waals surface area (Å²) in [5.74, 6) is 1.57. The maximum Gasteiger partial charge on any atom is 0.178 e. The van der Waals surface area contributed by atoms with Crippen LogP contribution in [0.25, 0.3) is 27.9 Å². The highest BCUT2D eigenvalue weighted by Crippen LogP contribution is 2.24. The summed E-state index contributed by atoms with van der Waals surface area (Å²) in [6, 6.07) is 15.3. The van der Waals surface area contributed by atoms with E-state index in [4.69, 9.17) is 9.47 Å². The van der Waals surface area contributed by atoms with Crippen LogP contribution in [-0.2, 0) is 0 Å². The summed E-state index contributed by atoms with van der Waals surface area (Å²) in [6.07, 6.45) is 0. The lowest BCUT2D eigenvalue weighted by atomic mass is 10.1. The van der Waals surface area contributed by atoms with Crippen molar-refractivity contribution in [2.24, 2.45) is 0 Å². The Balaban J connectivity index is 1.90. The average molecular weight is 306 g/mol. The molecule has 4 aromatic rings. The molecule has 0 saturated heterocycles. The van der Waals surface area contributed by atoms with Crippen LogP contribution in [-0.4, -0.2) is 34.0 Å². The van der Waals surface area contributed by atoms with Gasteiger partial charge < -0.3 is 9.47 Å². The average Bonchev–Trinajstić information content (AvgIpc) is 3.06. The van der Waals surface area contributed by atoms with Gasteiger partial charge in [0.1, 0.15) is 17.0 Å². The van der Waals surface area contributed by atoms with Crippen molar-refractivity contribution in [2.75, 3.05) is 14.2 Å². The van der Waals surface area contributed by atoms with Gasteiger partial charge in [0.05, 0.1) is 25.4 Å². The van der Waals surface area contributed by atoms with E-state index in [2.05, 4.69) is 15.3 Å². The quantitative estimate of drug-likeness (QED) is 0.582. The number of methoxy groups -OCH3 is 2. The normalized spacial score (nSPS) is 11.0. The van der Waals surface area contributed by atoms with Gasteiger partial charge in [0.15, 0.2) is 5.65 Å². The Morgan fingerprint density at radius 3 is 2.30 bits per heavy atom.